The van der Waals surface area contributed by atoms with Crippen molar-refractivity contribution in [3.8, 4) is 0 Å². The second-order valence-corrected chi connectivity index (χ2v) is 6.37. The Morgan fingerprint density at radius 3 is 2.24 bits per heavy atom. The maximum atomic E-state index is 4.48. The van der Waals surface area contributed by atoms with Crippen LogP contribution in [0.15, 0.2) is 22.7 Å². The molecular weight excluding hydrogens is 282 g/mol. The zero-order valence-corrected chi connectivity index (χ0v) is 13.4. The van der Waals surface area contributed by atoms with Crippen molar-refractivity contribution in [3.05, 3.63) is 34.9 Å². The van der Waals surface area contributed by atoms with E-state index in [0.717, 1.165) is 29.1 Å². The van der Waals surface area contributed by atoms with Gasteiger partial charge < -0.3 is 5.32 Å². The lowest BCUT2D eigenvalue weighted by atomic mass is 10.2. The van der Waals surface area contributed by atoms with Gasteiger partial charge in [0.15, 0.2) is 10.3 Å². The molecule has 2 aromatic heterocycles. The molecule has 1 N–H and O–H groups in total. The van der Waals surface area contributed by atoms with E-state index in [1.165, 1.54) is 24.6 Å². The molecule has 1 fully saturated rings. The van der Waals surface area contributed by atoms with Gasteiger partial charge in [0.1, 0.15) is 0 Å². The molecule has 1 aliphatic rings. The molecule has 1 aliphatic carbocycles. The lowest BCUT2D eigenvalue weighted by Gasteiger charge is -2.06. The van der Waals surface area contributed by atoms with Gasteiger partial charge in [0.2, 0.25) is 0 Å². The Labute approximate surface area is 129 Å². The van der Waals surface area contributed by atoms with Gasteiger partial charge in [-0.05, 0) is 50.9 Å². The Kier molecular flexibility index (Phi) is 4.17. The lowest BCUT2D eigenvalue weighted by molar-refractivity contribution is 0.680. The van der Waals surface area contributed by atoms with Gasteiger partial charge in [-0.3, -0.25) is 0 Å². The monoisotopic (exact) mass is 301 g/mol. The summed E-state index contributed by atoms with van der Waals surface area (Å²) in [6.07, 6.45) is 6.33. The Morgan fingerprint density at radius 2 is 1.67 bits per heavy atom. The lowest BCUT2D eigenvalue weighted by Crippen LogP contribution is -2.15. The summed E-state index contributed by atoms with van der Waals surface area (Å²) in [4.78, 5) is 17.7. The first kappa shape index (κ1) is 14.4. The van der Waals surface area contributed by atoms with E-state index < -0.39 is 0 Å². The number of hydrogen-bond acceptors (Lipinski definition) is 6. The number of nitrogens with one attached hydrogen (secondary N) is 1. The molecule has 0 spiro atoms. The van der Waals surface area contributed by atoms with E-state index in [1.807, 2.05) is 33.2 Å². The van der Waals surface area contributed by atoms with Crippen molar-refractivity contribution < 1.29 is 0 Å². The van der Waals surface area contributed by atoms with Crippen molar-refractivity contribution in [2.45, 2.75) is 56.5 Å². The number of hydrogen-bond donors (Lipinski definition) is 1. The third kappa shape index (κ3) is 3.77. The number of aryl methyl sites for hydroxylation is 2. The summed E-state index contributed by atoms with van der Waals surface area (Å²) in [5, 5.41) is 4.85. The third-order valence-electron chi connectivity index (χ3n) is 3.65. The van der Waals surface area contributed by atoms with Crippen LogP contribution in [0.1, 0.15) is 35.4 Å². The van der Waals surface area contributed by atoms with Crippen molar-refractivity contribution in [1.82, 2.24) is 25.3 Å². The summed E-state index contributed by atoms with van der Waals surface area (Å²) in [6, 6.07) is 0.700. The number of aromatic nitrogens is 4. The molecule has 110 valence electrons. The van der Waals surface area contributed by atoms with Crippen molar-refractivity contribution in [2.75, 3.05) is 0 Å². The largest absolute Gasteiger partial charge is 0.310 e. The first-order valence-electron chi connectivity index (χ1n) is 7.16. The van der Waals surface area contributed by atoms with E-state index in [-0.39, 0.29) is 0 Å². The van der Waals surface area contributed by atoms with E-state index in [1.54, 1.807) is 0 Å². The second kappa shape index (κ2) is 6.07. The summed E-state index contributed by atoms with van der Waals surface area (Å²) >= 11 is 1.41. The van der Waals surface area contributed by atoms with Gasteiger partial charge in [-0.2, -0.15) is 0 Å². The fourth-order valence-electron chi connectivity index (χ4n) is 1.91. The van der Waals surface area contributed by atoms with Crippen molar-refractivity contribution in [2.24, 2.45) is 0 Å². The van der Waals surface area contributed by atoms with E-state index in [2.05, 4.69) is 25.3 Å². The highest BCUT2D eigenvalue weighted by molar-refractivity contribution is 7.99. The zero-order valence-electron chi connectivity index (χ0n) is 12.6. The van der Waals surface area contributed by atoms with Crippen molar-refractivity contribution >= 4 is 11.8 Å². The van der Waals surface area contributed by atoms with E-state index in [4.69, 9.17) is 0 Å². The molecule has 0 radical (unpaired) electrons. The second-order valence-electron chi connectivity index (χ2n) is 5.43. The zero-order chi connectivity index (χ0) is 14.8. The molecule has 5 nitrogen and oxygen atoms in total. The SMILES string of the molecule is Cc1nc(Sc2ncc(CNC3CC3)cn2)nc(C)c1C. The summed E-state index contributed by atoms with van der Waals surface area (Å²) in [5.41, 5.74) is 4.27. The average molecular weight is 301 g/mol. The minimum Gasteiger partial charge on any atom is -0.310 e. The molecule has 2 aromatic rings. The first-order chi connectivity index (χ1) is 10.1. The van der Waals surface area contributed by atoms with Crippen LogP contribution in [0.25, 0.3) is 0 Å². The van der Waals surface area contributed by atoms with E-state index in [9.17, 15) is 0 Å². The fraction of sp³-hybridized carbons (Fsp3) is 0.467. The highest BCUT2D eigenvalue weighted by Gasteiger charge is 2.20. The predicted molar refractivity (Wildman–Crippen MR) is 82.3 cm³/mol. The standard InChI is InChI=1S/C15H19N5S/c1-9-10(2)19-15(20-11(9)3)21-14-17-7-12(8-18-14)6-16-13-4-5-13/h7-8,13,16H,4-6H2,1-3H3. The minimum absolute atomic E-state index is 0.688. The van der Waals surface area contributed by atoms with Gasteiger partial charge >= 0.3 is 0 Å². The smallest absolute Gasteiger partial charge is 0.195 e. The Hall–Kier alpha value is -1.53. The Morgan fingerprint density at radius 1 is 1.05 bits per heavy atom. The summed E-state index contributed by atoms with van der Waals surface area (Å²) < 4.78 is 0. The highest BCUT2D eigenvalue weighted by atomic mass is 32.2. The highest BCUT2D eigenvalue weighted by Crippen LogP contribution is 2.23. The molecule has 0 bridgehead atoms. The number of nitrogens with zero attached hydrogens (tertiary/aromatic N) is 4. The quantitative estimate of drug-likeness (QED) is 0.856. The fourth-order valence-corrected chi connectivity index (χ4v) is 2.64. The van der Waals surface area contributed by atoms with Crippen molar-refractivity contribution in [1.29, 1.82) is 0 Å². The third-order valence-corrected chi connectivity index (χ3v) is 4.41. The molecule has 2 heterocycles. The Bertz CT molecular complexity index is 614. The van der Waals surface area contributed by atoms with Crippen LogP contribution in [0.5, 0.6) is 0 Å². The molecule has 0 atom stereocenters. The van der Waals surface area contributed by atoms with E-state index >= 15 is 0 Å². The Balaban J connectivity index is 1.66. The van der Waals surface area contributed by atoms with Crippen LogP contribution < -0.4 is 5.32 Å². The van der Waals surface area contributed by atoms with Crippen LogP contribution in [0.3, 0.4) is 0 Å². The molecule has 21 heavy (non-hydrogen) atoms. The molecule has 0 saturated heterocycles. The average Bonchev–Trinajstić information content (AvgIpc) is 3.28. The molecule has 0 amide bonds. The van der Waals surface area contributed by atoms with Gasteiger partial charge in [-0.15, -0.1) is 0 Å². The maximum absolute atomic E-state index is 4.48. The van der Waals surface area contributed by atoms with Crippen LogP contribution in [0, 0.1) is 20.8 Å². The first-order valence-corrected chi connectivity index (χ1v) is 7.97. The molecule has 1 saturated carbocycles. The van der Waals surface area contributed by atoms with Crippen LogP contribution in [-0.2, 0) is 6.54 Å². The molecule has 3 rings (SSSR count). The van der Waals surface area contributed by atoms with Crippen LogP contribution in [0.2, 0.25) is 0 Å². The van der Waals surface area contributed by atoms with E-state index in [0.29, 0.717) is 16.4 Å². The summed E-state index contributed by atoms with van der Waals surface area (Å²) in [5.74, 6) is 0. The molecule has 0 aromatic carbocycles. The molecule has 0 aliphatic heterocycles. The van der Waals surface area contributed by atoms with Gasteiger partial charge in [0.05, 0.1) is 0 Å². The van der Waals surface area contributed by atoms with Crippen molar-refractivity contribution in [3.63, 3.8) is 0 Å². The predicted octanol–water partition coefficient (Wildman–Crippen LogP) is 2.60. The van der Waals surface area contributed by atoms with Gasteiger partial charge in [-0.25, -0.2) is 19.9 Å². The van der Waals surface area contributed by atoms with Crippen LogP contribution >= 0.6 is 11.8 Å². The van der Waals surface area contributed by atoms with Gasteiger partial charge in [0.25, 0.3) is 0 Å². The normalized spacial score (nSPS) is 14.4. The minimum atomic E-state index is 0.688. The maximum Gasteiger partial charge on any atom is 0.195 e. The summed E-state index contributed by atoms with van der Waals surface area (Å²) in [7, 11) is 0. The van der Waals surface area contributed by atoms with Gasteiger partial charge in [0, 0.05) is 41.9 Å². The number of rotatable bonds is 5. The molecule has 0 unspecified atom stereocenters. The molecular formula is C15H19N5S. The van der Waals surface area contributed by atoms with Crippen LogP contribution in [-0.4, -0.2) is 26.0 Å². The van der Waals surface area contributed by atoms with Crippen LogP contribution in [0.4, 0.5) is 0 Å². The van der Waals surface area contributed by atoms with Gasteiger partial charge in [-0.1, -0.05) is 0 Å². The molecule has 6 heteroatoms. The summed E-state index contributed by atoms with van der Waals surface area (Å²) in [6.45, 7) is 6.88. The topological polar surface area (TPSA) is 63.6 Å².